The van der Waals surface area contributed by atoms with Crippen LogP contribution < -0.4 is 0 Å². The first-order valence-electron chi connectivity index (χ1n) is 28.1. The highest BCUT2D eigenvalue weighted by Crippen LogP contribution is 2.29. The number of methoxy groups -OCH3 is 2. The largest absolute Gasteiger partial charge is 0.463 e. The smallest absolute Gasteiger partial charge is 0.307 e. The molecule has 0 aliphatic carbocycles. The van der Waals surface area contributed by atoms with Gasteiger partial charge >= 0.3 is 23.9 Å². The minimum absolute atomic E-state index is 0.136. The Balaban J connectivity index is 0.828. The van der Waals surface area contributed by atoms with Gasteiger partial charge in [0.15, 0.2) is 0 Å². The zero-order chi connectivity index (χ0) is 51.1. The van der Waals surface area contributed by atoms with E-state index in [1.165, 1.54) is 89.9 Å². The van der Waals surface area contributed by atoms with E-state index in [1.807, 2.05) is 0 Å². The second kappa shape index (κ2) is 40.7. The minimum Gasteiger partial charge on any atom is -0.463 e. The van der Waals surface area contributed by atoms with Crippen LogP contribution in [-0.4, -0.2) is 229 Å². The Morgan fingerprint density at radius 3 is 0.778 bits per heavy atom. The van der Waals surface area contributed by atoms with Crippen molar-refractivity contribution < 1.29 is 66.5 Å². The van der Waals surface area contributed by atoms with Gasteiger partial charge in [-0.25, -0.2) is 0 Å². The molecule has 0 N–H and O–H groups in total. The molecule has 72 heavy (non-hydrogen) atoms. The number of carbonyl (C=O) groups excluding carboxylic acids is 4. The van der Waals surface area contributed by atoms with Gasteiger partial charge in [-0.05, 0) is 127 Å². The molecule has 0 unspecified atom stereocenters. The van der Waals surface area contributed by atoms with Gasteiger partial charge in [-0.15, -0.1) is 0 Å². The third-order valence-corrected chi connectivity index (χ3v) is 15.0. The number of carbonyl (C=O) groups is 4. The summed E-state index contributed by atoms with van der Waals surface area (Å²) in [4.78, 5) is 58.1. The second-order valence-corrected chi connectivity index (χ2v) is 20.3. The molecule has 0 bridgehead atoms. The molecular formula is C54H98N4O14. The number of piperidine rings is 4. The van der Waals surface area contributed by atoms with Crippen LogP contribution >= 0.6 is 0 Å². The molecule has 4 aliphatic rings. The van der Waals surface area contributed by atoms with E-state index in [0.717, 1.165) is 102 Å². The van der Waals surface area contributed by atoms with Gasteiger partial charge in [-0.3, -0.25) is 19.2 Å². The molecule has 0 spiro atoms. The number of hydrogen-bond acceptors (Lipinski definition) is 18. The van der Waals surface area contributed by atoms with Crippen molar-refractivity contribution in [3.05, 3.63) is 0 Å². The Kier molecular flexibility index (Phi) is 35.1. The van der Waals surface area contributed by atoms with Gasteiger partial charge in [0, 0.05) is 40.4 Å². The van der Waals surface area contributed by atoms with Gasteiger partial charge < -0.3 is 67.0 Å². The monoisotopic (exact) mass is 1030 g/mol. The first-order chi connectivity index (χ1) is 35.3. The highest BCUT2D eigenvalue weighted by Gasteiger charge is 2.25. The highest BCUT2D eigenvalue weighted by molar-refractivity contribution is 5.70. The molecule has 4 fully saturated rings. The summed E-state index contributed by atoms with van der Waals surface area (Å²) in [6.45, 7) is 16.9. The zero-order valence-electron chi connectivity index (χ0n) is 44.9. The van der Waals surface area contributed by atoms with Crippen LogP contribution in [0.25, 0.3) is 0 Å². The molecule has 0 saturated carbocycles. The first kappa shape index (κ1) is 62.0. The highest BCUT2D eigenvalue weighted by atomic mass is 16.6. The molecule has 418 valence electrons. The Labute approximate surface area is 433 Å². The van der Waals surface area contributed by atoms with E-state index in [4.69, 9.17) is 47.4 Å². The molecule has 4 saturated heterocycles. The van der Waals surface area contributed by atoms with E-state index in [1.54, 1.807) is 14.2 Å². The maximum atomic E-state index is 12.3. The Morgan fingerprint density at radius 2 is 0.528 bits per heavy atom. The number of likely N-dealkylation sites (tertiary alicyclic amines) is 4. The van der Waals surface area contributed by atoms with E-state index in [2.05, 4.69) is 19.6 Å². The quantitative estimate of drug-likeness (QED) is 0.0440. The fraction of sp³-hybridized carbons (Fsp3) is 0.926. The lowest BCUT2D eigenvalue weighted by Gasteiger charge is -2.33. The summed E-state index contributed by atoms with van der Waals surface area (Å²) in [5, 5.41) is 0. The average molecular weight is 1030 g/mol. The summed E-state index contributed by atoms with van der Waals surface area (Å²) < 4.78 is 53.1. The van der Waals surface area contributed by atoms with Crippen LogP contribution in [0, 0.1) is 23.7 Å². The molecule has 4 heterocycles. The van der Waals surface area contributed by atoms with Gasteiger partial charge in [-0.2, -0.15) is 0 Å². The van der Waals surface area contributed by atoms with Crippen molar-refractivity contribution in [2.24, 2.45) is 23.7 Å². The first-order valence-corrected chi connectivity index (χ1v) is 28.1. The fourth-order valence-electron chi connectivity index (χ4n) is 10.3. The molecule has 0 atom stereocenters. The number of hydrogen-bond donors (Lipinski definition) is 0. The molecule has 4 aliphatic heterocycles. The van der Waals surface area contributed by atoms with Crippen LogP contribution in [-0.2, 0) is 66.5 Å². The predicted molar refractivity (Wildman–Crippen MR) is 274 cm³/mol. The van der Waals surface area contributed by atoms with Crippen LogP contribution in [0.1, 0.15) is 116 Å². The Hall–Kier alpha value is -2.52. The van der Waals surface area contributed by atoms with Crippen LogP contribution in [0.3, 0.4) is 0 Å². The summed E-state index contributed by atoms with van der Waals surface area (Å²) in [6, 6.07) is 0. The number of nitrogens with zero attached hydrogens (tertiary/aromatic N) is 4. The van der Waals surface area contributed by atoms with E-state index < -0.39 is 0 Å². The van der Waals surface area contributed by atoms with Crippen molar-refractivity contribution >= 4 is 23.9 Å². The van der Waals surface area contributed by atoms with Gasteiger partial charge in [0.1, 0.15) is 26.4 Å². The summed E-state index contributed by atoms with van der Waals surface area (Å²) >= 11 is 0. The fourth-order valence-corrected chi connectivity index (χ4v) is 10.3. The van der Waals surface area contributed by atoms with Crippen LogP contribution in [0.5, 0.6) is 0 Å². The summed E-state index contributed by atoms with van der Waals surface area (Å²) in [5.74, 6) is 2.50. The van der Waals surface area contributed by atoms with Crippen molar-refractivity contribution in [2.75, 3.05) is 185 Å². The molecule has 0 aromatic rings. The maximum Gasteiger partial charge on any atom is 0.307 e. The summed E-state index contributed by atoms with van der Waals surface area (Å²) in [5.41, 5.74) is 0. The lowest BCUT2D eigenvalue weighted by atomic mass is 9.87. The Bertz CT molecular complexity index is 1390. The van der Waals surface area contributed by atoms with Gasteiger partial charge in [0.05, 0.1) is 91.8 Å². The van der Waals surface area contributed by atoms with Crippen LogP contribution in [0.2, 0.25) is 0 Å². The molecule has 0 radical (unpaired) electrons. The lowest BCUT2D eigenvalue weighted by molar-refractivity contribution is -0.146. The van der Waals surface area contributed by atoms with Crippen LogP contribution in [0.15, 0.2) is 0 Å². The predicted octanol–water partition coefficient (Wildman–Crippen LogP) is 5.27. The minimum atomic E-state index is -0.179. The van der Waals surface area contributed by atoms with Crippen LogP contribution in [0.4, 0.5) is 0 Å². The second-order valence-electron chi connectivity index (χ2n) is 20.3. The zero-order valence-corrected chi connectivity index (χ0v) is 44.9. The van der Waals surface area contributed by atoms with E-state index >= 15 is 0 Å². The third kappa shape index (κ3) is 30.8. The van der Waals surface area contributed by atoms with Gasteiger partial charge in [0.25, 0.3) is 0 Å². The standard InChI is InChI=1S/C54H98N4O14/c1-63-33-35-65-40-44-70-52(60)18-30-56-23-11-48(12-24-56)7-4-8-50-15-27-58(28-16-50)32-20-54(62)72-46-42-68-39-37-66-36-38-67-41-45-71-53(61)19-31-57-25-13-49(14-26-57)6-3-5-47-9-21-55(22-10-47)29-17-51(59)69-43-34-64-2/h47-50H,3-46H2,1-2H3. The number of esters is 4. The van der Waals surface area contributed by atoms with Crippen molar-refractivity contribution in [1.82, 2.24) is 19.6 Å². The summed E-state index contributed by atoms with van der Waals surface area (Å²) in [7, 11) is 3.24. The van der Waals surface area contributed by atoms with E-state index in [0.29, 0.717) is 105 Å². The van der Waals surface area contributed by atoms with Gasteiger partial charge in [0.2, 0.25) is 0 Å². The number of ether oxygens (including phenoxy) is 10. The normalized spacial score (nSPS) is 18.6. The molecule has 0 aromatic heterocycles. The molecule has 18 heteroatoms. The third-order valence-electron chi connectivity index (χ3n) is 15.0. The van der Waals surface area contributed by atoms with Crippen molar-refractivity contribution in [3.8, 4) is 0 Å². The maximum absolute atomic E-state index is 12.3. The molecule has 18 nitrogen and oxygen atoms in total. The SMILES string of the molecule is COCCOCCOC(=O)CCN1CCC(CCCC2CCN(CCC(=O)OCCOCCOCCOCCOC(=O)CCN3CCC(CCCC4CCN(CCC(=O)OCCOC)CC4)CC3)CC2)CC1. The molecular weight excluding hydrogens is 929 g/mol. The lowest BCUT2D eigenvalue weighted by Crippen LogP contribution is -2.36. The average Bonchev–Trinajstić information content (AvgIpc) is 3.40. The number of rotatable bonds is 41. The van der Waals surface area contributed by atoms with Crippen molar-refractivity contribution in [3.63, 3.8) is 0 Å². The summed E-state index contributed by atoms with van der Waals surface area (Å²) in [6.07, 6.45) is 19.2. The van der Waals surface area contributed by atoms with Crippen molar-refractivity contribution in [1.29, 1.82) is 0 Å². The molecule has 0 amide bonds. The molecule has 4 rings (SSSR count). The van der Waals surface area contributed by atoms with E-state index in [-0.39, 0.29) is 37.1 Å². The molecule has 0 aromatic carbocycles. The topological polar surface area (TPSA) is 174 Å². The van der Waals surface area contributed by atoms with Gasteiger partial charge in [-0.1, -0.05) is 38.5 Å². The van der Waals surface area contributed by atoms with E-state index in [9.17, 15) is 19.2 Å². The van der Waals surface area contributed by atoms with Crippen molar-refractivity contribution in [2.45, 2.75) is 116 Å². The Morgan fingerprint density at radius 1 is 0.319 bits per heavy atom.